The molecule has 154 valence electrons. The summed E-state index contributed by atoms with van der Waals surface area (Å²) in [4.78, 5) is 12.3. The first kappa shape index (κ1) is 21.1. The van der Waals surface area contributed by atoms with Gasteiger partial charge in [0.1, 0.15) is 12.4 Å². The van der Waals surface area contributed by atoms with Crippen molar-refractivity contribution in [3.05, 3.63) is 65.7 Å². The first-order valence-corrected chi connectivity index (χ1v) is 10.6. The zero-order valence-electron chi connectivity index (χ0n) is 17.0. The molecule has 3 rings (SSSR count). The van der Waals surface area contributed by atoms with Gasteiger partial charge < -0.3 is 10.1 Å². The van der Waals surface area contributed by atoms with Crippen molar-refractivity contribution in [3.63, 3.8) is 0 Å². The average Bonchev–Trinajstić information content (AvgIpc) is 2.75. The molecule has 5 nitrogen and oxygen atoms in total. The molecular formula is C23H29N3O2S. The lowest BCUT2D eigenvalue weighted by molar-refractivity contribution is 0.0943. The SMILES string of the molecule is C[C@H]1[C@@H](NC(=S)NNC(=O)c2ccc(OCc3ccccc3)cc2)CCC[C@@H]1C. The number of amides is 1. The van der Waals surface area contributed by atoms with E-state index < -0.39 is 0 Å². The molecule has 1 aliphatic carbocycles. The van der Waals surface area contributed by atoms with Crippen LogP contribution in [0, 0.1) is 11.8 Å². The topological polar surface area (TPSA) is 62.4 Å². The summed E-state index contributed by atoms with van der Waals surface area (Å²) in [7, 11) is 0. The Bertz CT molecular complexity index is 811. The van der Waals surface area contributed by atoms with Crippen molar-refractivity contribution < 1.29 is 9.53 Å². The molecule has 0 saturated heterocycles. The summed E-state index contributed by atoms with van der Waals surface area (Å²) in [5, 5.41) is 3.78. The molecule has 0 radical (unpaired) electrons. The molecule has 0 aromatic heterocycles. The van der Waals surface area contributed by atoms with Gasteiger partial charge in [0.05, 0.1) is 0 Å². The minimum atomic E-state index is -0.242. The first-order chi connectivity index (χ1) is 14.0. The molecule has 1 saturated carbocycles. The van der Waals surface area contributed by atoms with Gasteiger partial charge in [0.15, 0.2) is 5.11 Å². The second-order valence-corrected chi connectivity index (χ2v) is 8.13. The number of hydrogen-bond acceptors (Lipinski definition) is 3. The van der Waals surface area contributed by atoms with Gasteiger partial charge in [-0.1, -0.05) is 57.0 Å². The van der Waals surface area contributed by atoms with Crippen LogP contribution in [0.2, 0.25) is 0 Å². The molecule has 2 aromatic rings. The van der Waals surface area contributed by atoms with Gasteiger partial charge >= 0.3 is 0 Å². The van der Waals surface area contributed by atoms with E-state index in [4.69, 9.17) is 17.0 Å². The van der Waals surface area contributed by atoms with Crippen molar-refractivity contribution in [2.24, 2.45) is 11.8 Å². The number of hydrazine groups is 1. The molecule has 3 N–H and O–H groups in total. The average molecular weight is 412 g/mol. The van der Waals surface area contributed by atoms with Crippen molar-refractivity contribution in [2.45, 2.75) is 45.8 Å². The van der Waals surface area contributed by atoms with Crippen molar-refractivity contribution in [3.8, 4) is 5.75 Å². The molecule has 6 heteroatoms. The van der Waals surface area contributed by atoms with Crippen LogP contribution in [0.25, 0.3) is 0 Å². The zero-order chi connectivity index (χ0) is 20.6. The second kappa shape index (κ2) is 10.3. The third kappa shape index (κ3) is 6.19. The van der Waals surface area contributed by atoms with Crippen molar-refractivity contribution >= 4 is 23.2 Å². The summed E-state index contributed by atoms with van der Waals surface area (Å²) >= 11 is 5.34. The molecule has 0 heterocycles. The van der Waals surface area contributed by atoms with E-state index in [1.54, 1.807) is 24.3 Å². The van der Waals surface area contributed by atoms with E-state index in [0.717, 1.165) is 17.7 Å². The third-order valence-electron chi connectivity index (χ3n) is 5.68. The summed E-state index contributed by atoms with van der Waals surface area (Å²) in [6, 6.07) is 17.4. The molecule has 29 heavy (non-hydrogen) atoms. The molecular weight excluding hydrogens is 382 g/mol. The summed E-state index contributed by atoms with van der Waals surface area (Å²) < 4.78 is 5.75. The molecule has 0 aliphatic heterocycles. The van der Waals surface area contributed by atoms with E-state index in [-0.39, 0.29) is 5.91 Å². The highest BCUT2D eigenvalue weighted by molar-refractivity contribution is 7.80. The third-order valence-corrected chi connectivity index (χ3v) is 5.90. The molecule has 1 amide bonds. The van der Waals surface area contributed by atoms with Gasteiger partial charge in [-0.15, -0.1) is 0 Å². The Kier molecular flexibility index (Phi) is 7.47. The molecule has 1 fully saturated rings. The van der Waals surface area contributed by atoms with Gasteiger partial charge in [0.2, 0.25) is 0 Å². The molecule has 0 bridgehead atoms. The Morgan fingerprint density at radius 2 is 1.76 bits per heavy atom. The lowest BCUT2D eigenvalue weighted by Crippen LogP contribution is -2.52. The van der Waals surface area contributed by atoms with E-state index in [9.17, 15) is 4.79 Å². The predicted octanol–water partition coefficient (Wildman–Crippen LogP) is 4.20. The number of ether oxygens (including phenoxy) is 1. The predicted molar refractivity (Wildman–Crippen MR) is 120 cm³/mol. The standard InChI is InChI=1S/C23H29N3O2S/c1-16-7-6-10-21(17(16)2)24-23(29)26-25-22(27)19-11-13-20(14-12-19)28-15-18-8-4-3-5-9-18/h3-5,8-9,11-14,16-17,21H,6-7,10,15H2,1-2H3,(H,25,27)(H2,24,26,29)/t16-,17+,21-/m0/s1. The largest absolute Gasteiger partial charge is 0.489 e. The van der Waals surface area contributed by atoms with E-state index in [1.807, 2.05) is 30.3 Å². The highest BCUT2D eigenvalue weighted by Crippen LogP contribution is 2.29. The highest BCUT2D eigenvalue weighted by Gasteiger charge is 2.27. The smallest absolute Gasteiger partial charge is 0.269 e. The van der Waals surface area contributed by atoms with Crippen LogP contribution in [0.4, 0.5) is 0 Å². The maximum absolute atomic E-state index is 12.3. The monoisotopic (exact) mass is 411 g/mol. The molecule has 1 aliphatic rings. The summed E-state index contributed by atoms with van der Waals surface area (Å²) in [5.41, 5.74) is 7.11. The zero-order valence-corrected chi connectivity index (χ0v) is 17.8. The van der Waals surface area contributed by atoms with Crippen molar-refractivity contribution in [1.82, 2.24) is 16.2 Å². The van der Waals surface area contributed by atoms with E-state index >= 15 is 0 Å². The van der Waals surface area contributed by atoms with Crippen LogP contribution in [0.15, 0.2) is 54.6 Å². The van der Waals surface area contributed by atoms with E-state index in [1.165, 1.54) is 12.8 Å². The fourth-order valence-electron chi connectivity index (χ4n) is 3.62. The normalized spacial score (nSPS) is 21.1. The molecule has 0 spiro atoms. The Morgan fingerprint density at radius 3 is 2.48 bits per heavy atom. The fraction of sp³-hybridized carbons (Fsp3) is 0.391. The number of nitrogens with one attached hydrogen (secondary N) is 3. The Balaban J connectivity index is 1.43. The number of carbonyl (C=O) groups is 1. The van der Waals surface area contributed by atoms with Gasteiger partial charge in [0, 0.05) is 11.6 Å². The molecule has 0 unspecified atom stereocenters. The summed E-state index contributed by atoms with van der Waals surface area (Å²) in [6.07, 6.45) is 3.57. The highest BCUT2D eigenvalue weighted by atomic mass is 32.1. The summed E-state index contributed by atoms with van der Waals surface area (Å²) in [6.45, 7) is 5.03. The number of benzene rings is 2. The minimum Gasteiger partial charge on any atom is -0.489 e. The number of carbonyl (C=O) groups excluding carboxylic acids is 1. The van der Waals surface area contributed by atoms with Crippen molar-refractivity contribution in [1.29, 1.82) is 0 Å². The maximum Gasteiger partial charge on any atom is 0.269 e. The minimum absolute atomic E-state index is 0.242. The van der Waals surface area contributed by atoms with E-state index in [2.05, 4.69) is 30.0 Å². The van der Waals surface area contributed by atoms with Crippen molar-refractivity contribution in [2.75, 3.05) is 0 Å². The lowest BCUT2D eigenvalue weighted by atomic mass is 9.78. The second-order valence-electron chi connectivity index (χ2n) is 7.73. The Morgan fingerprint density at radius 1 is 1.03 bits per heavy atom. The van der Waals surface area contributed by atoms with Crippen LogP contribution in [0.3, 0.4) is 0 Å². The maximum atomic E-state index is 12.3. The van der Waals surface area contributed by atoms with Crippen LogP contribution in [-0.2, 0) is 6.61 Å². The quantitative estimate of drug-likeness (QED) is 0.508. The van der Waals surface area contributed by atoms with Crippen LogP contribution >= 0.6 is 12.2 Å². The van der Waals surface area contributed by atoms with Crippen LogP contribution in [0.5, 0.6) is 5.75 Å². The van der Waals surface area contributed by atoms with Gasteiger partial charge in [-0.25, -0.2) is 0 Å². The number of rotatable bonds is 5. The summed E-state index contributed by atoms with van der Waals surface area (Å²) in [5.74, 6) is 1.72. The van der Waals surface area contributed by atoms with Crippen LogP contribution in [0.1, 0.15) is 49.0 Å². The number of thiocarbonyl (C=S) groups is 1. The Hall–Kier alpha value is -2.60. The van der Waals surface area contributed by atoms with Gasteiger partial charge in [-0.3, -0.25) is 15.6 Å². The van der Waals surface area contributed by atoms with Gasteiger partial charge in [-0.2, -0.15) is 0 Å². The van der Waals surface area contributed by atoms with Gasteiger partial charge in [0.25, 0.3) is 5.91 Å². The lowest BCUT2D eigenvalue weighted by Gasteiger charge is -2.35. The van der Waals surface area contributed by atoms with Crippen LogP contribution in [-0.4, -0.2) is 17.1 Å². The Labute approximate surface area is 178 Å². The molecule has 3 atom stereocenters. The number of hydrogen-bond donors (Lipinski definition) is 3. The molecule has 2 aromatic carbocycles. The fourth-order valence-corrected chi connectivity index (χ4v) is 3.82. The van der Waals surface area contributed by atoms with E-state index in [0.29, 0.717) is 35.2 Å². The first-order valence-electron chi connectivity index (χ1n) is 10.2. The van der Waals surface area contributed by atoms with Crippen LogP contribution < -0.4 is 20.9 Å². The van der Waals surface area contributed by atoms with Gasteiger partial charge in [-0.05, 0) is 60.3 Å².